The summed E-state index contributed by atoms with van der Waals surface area (Å²) in [6, 6.07) is 0. The van der Waals surface area contributed by atoms with Crippen LogP contribution in [0.3, 0.4) is 0 Å². The summed E-state index contributed by atoms with van der Waals surface area (Å²) >= 11 is 0. The van der Waals surface area contributed by atoms with Gasteiger partial charge in [-0.25, -0.2) is 0 Å². The van der Waals surface area contributed by atoms with Gasteiger partial charge in [0.15, 0.2) is 0 Å². The molecule has 0 spiro atoms. The van der Waals surface area contributed by atoms with Gasteiger partial charge in [-0.05, 0) is 148 Å². The first kappa shape index (κ1) is 88.8. The summed E-state index contributed by atoms with van der Waals surface area (Å²) in [6.45, 7) is 30.8. The molecular weight excluding hydrogens is 1110 g/mol. The Morgan fingerprint density at radius 3 is 0.609 bits per heavy atom. The highest BCUT2D eigenvalue weighted by Gasteiger charge is 2.19. The average molecular weight is 1290 g/mol. The second kappa shape index (κ2) is 77.1. The van der Waals surface area contributed by atoms with Crippen molar-refractivity contribution in [2.45, 2.75) is 413 Å². The van der Waals surface area contributed by atoms with Crippen LogP contribution in [0.15, 0.2) is 48.6 Å². The van der Waals surface area contributed by atoms with E-state index in [0.29, 0.717) is 0 Å². The van der Waals surface area contributed by atoms with Gasteiger partial charge in [0.1, 0.15) is 0 Å². The SMILES string of the molecule is CCCCC/C=C\C/C=C\CCCCCCCCN(CCCCCCCCCC/C=C\CCCCC)CCN(CCCCCCCCCCC/C=C\CCCCC)CCN1CCN(CCN(CCCCCCCCCCCC)CCCCCCCCCCCC)CC1. The van der Waals surface area contributed by atoms with Crippen LogP contribution in [0.2, 0.25) is 0 Å². The van der Waals surface area contributed by atoms with Gasteiger partial charge in [-0.2, -0.15) is 0 Å². The predicted molar refractivity (Wildman–Crippen MR) is 420 cm³/mol. The molecule has 1 saturated heterocycles. The van der Waals surface area contributed by atoms with E-state index in [1.54, 1.807) is 0 Å². The highest BCUT2D eigenvalue weighted by Crippen LogP contribution is 2.18. The quantitative estimate of drug-likeness (QED) is 0.0444. The fourth-order valence-corrected chi connectivity index (χ4v) is 14.0. The third kappa shape index (κ3) is 67.3. The molecule has 544 valence electrons. The zero-order valence-electron chi connectivity index (χ0n) is 64.2. The molecule has 0 radical (unpaired) electrons. The molecule has 5 heteroatoms. The smallest absolute Gasteiger partial charge is 0.0110 e. The molecule has 0 bridgehead atoms. The second-order valence-electron chi connectivity index (χ2n) is 29.7. The molecule has 1 rings (SSSR count). The zero-order chi connectivity index (χ0) is 65.9. The van der Waals surface area contributed by atoms with Crippen LogP contribution in [0.25, 0.3) is 0 Å². The van der Waals surface area contributed by atoms with E-state index in [1.807, 2.05) is 0 Å². The van der Waals surface area contributed by atoms with E-state index in [1.165, 1.54) is 471 Å². The van der Waals surface area contributed by atoms with Crippen molar-refractivity contribution in [3.8, 4) is 0 Å². The maximum Gasteiger partial charge on any atom is 0.0110 e. The lowest BCUT2D eigenvalue weighted by atomic mass is 10.1. The molecular formula is C87H171N5. The lowest BCUT2D eigenvalue weighted by Crippen LogP contribution is -2.50. The van der Waals surface area contributed by atoms with Gasteiger partial charge in [-0.15, -0.1) is 0 Å². The van der Waals surface area contributed by atoms with Crippen molar-refractivity contribution in [1.82, 2.24) is 24.5 Å². The van der Waals surface area contributed by atoms with Crippen LogP contribution in [-0.2, 0) is 0 Å². The highest BCUT2D eigenvalue weighted by atomic mass is 15.3. The fourth-order valence-electron chi connectivity index (χ4n) is 14.0. The number of rotatable bonds is 77. The molecule has 1 aliphatic heterocycles. The second-order valence-corrected chi connectivity index (χ2v) is 29.7. The topological polar surface area (TPSA) is 16.2 Å². The first-order valence-corrected chi connectivity index (χ1v) is 42.9. The highest BCUT2D eigenvalue weighted by molar-refractivity contribution is 4.93. The minimum Gasteiger partial charge on any atom is -0.302 e. The van der Waals surface area contributed by atoms with Crippen LogP contribution in [0.4, 0.5) is 0 Å². The van der Waals surface area contributed by atoms with Gasteiger partial charge in [0.05, 0.1) is 0 Å². The number of allylic oxidation sites excluding steroid dienone is 8. The van der Waals surface area contributed by atoms with Crippen molar-refractivity contribution in [2.24, 2.45) is 0 Å². The summed E-state index contributed by atoms with van der Waals surface area (Å²) in [4.78, 5) is 14.5. The molecule has 0 amide bonds. The van der Waals surface area contributed by atoms with Crippen molar-refractivity contribution >= 4 is 0 Å². The summed E-state index contributed by atoms with van der Waals surface area (Å²) in [5.74, 6) is 0. The van der Waals surface area contributed by atoms with Crippen molar-refractivity contribution in [2.75, 3.05) is 98.2 Å². The normalized spacial score (nSPS) is 13.8. The first-order chi connectivity index (χ1) is 45.7. The Kier molecular flexibility index (Phi) is 74.4. The Labute approximate surface area is 581 Å². The van der Waals surface area contributed by atoms with Crippen LogP contribution < -0.4 is 0 Å². The van der Waals surface area contributed by atoms with E-state index in [-0.39, 0.29) is 0 Å². The predicted octanol–water partition coefficient (Wildman–Crippen LogP) is 26.9. The van der Waals surface area contributed by atoms with Crippen molar-refractivity contribution < 1.29 is 0 Å². The summed E-state index contributed by atoms with van der Waals surface area (Å²) in [6.07, 6.45) is 102. The van der Waals surface area contributed by atoms with Gasteiger partial charge in [0.25, 0.3) is 0 Å². The standard InChI is InChI=1S/C87H171N5/c1-6-11-16-21-26-31-36-39-42-45-48-51-56-61-66-69-74-88(73-68-65-60-55-50-47-44-41-38-33-28-23-18-13-8-3)78-80-90(77-72-67-62-57-52-49-46-43-40-37-32-27-22-17-12-7-2)81-83-92-86-84-91(85-87-92)82-79-89(75-70-63-58-53-34-29-24-19-14-9-4)76-71-64-59-54-35-30-25-20-15-10-5/h26-28,31-33,39,42H,6-25,29-30,34-38,40-41,43-87H2,1-5H3/b31-26-,32-27-,33-28-,42-39-. The van der Waals surface area contributed by atoms with Gasteiger partial charge in [0, 0.05) is 65.4 Å². The van der Waals surface area contributed by atoms with E-state index < -0.39 is 0 Å². The molecule has 0 aromatic carbocycles. The molecule has 0 aromatic rings. The lowest BCUT2D eigenvalue weighted by Gasteiger charge is -2.37. The maximum atomic E-state index is 2.94. The summed E-state index contributed by atoms with van der Waals surface area (Å²) in [5.41, 5.74) is 0. The third-order valence-corrected chi connectivity index (χ3v) is 20.7. The minimum atomic E-state index is 1.12. The Hall–Kier alpha value is -1.24. The van der Waals surface area contributed by atoms with Crippen LogP contribution in [0.1, 0.15) is 413 Å². The monoisotopic (exact) mass is 1290 g/mol. The maximum absolute atomic E-state index is 2.94. The number of hydrogen-bond acceptors (Lipinski definition) is 5. The van der Waals surface area contributed by atoms with Gasteiger partial charge < -0.3 is 14.7 Å². The Morgan fingerprint density at radius 2 is 0.359 bits per heavy atom. The number of hydrogen-bond donors (Lipinski definition) is 0. The molecule has 0 aromatic heterocycles. The van der Waals surface area contributed by atoms with E-state index in [9.17, 15) is 0 Å². The minimum absolute atomic E-state index is 1.12. The Morgan fingerprint density at radius 1 is 0.185 bits per heavy atom. The molecule has 5 nitrogen and oxygen atoms in total. The molecule has 0 N–H and O–H groups in total. The Bertz CT molecular complexity index is 1460. The number of nitrogens with zero attached hydrogens (tertiary/aromatic N) is 5. The molecule has 0 atom stereocenters. The lowest BCUT2D eigenvalue weighted by molar-refractivity contribution is 0.104. The van der Waals surface area contributed by atoms with Gasteiger partial charge in [-0.3, -0.25) is 9.80 Å². The molecule has 1 heterocycles. The van der Waals surface area contributed by atoms with Crippen molar-refractivity contribution in [3.05, 3.63) is 48.6 Å². The van der Waals surface area contributed by atoms with Crippen LogP contribution in [-0.4, -0.2) is 123 Å². The van der Waals surface area contributed by atoms with E-state index >= 15 is 0 Å². The van der Waals surface area contributed by atoms with Crippen LogP contribution in [0, 0.1) is 0 Å². The third-order valence-electron chi connectivity index (χ3n) is 20.7. The molecule has 92 heavy (non-hydrogen) atoms. The summed E-state index contributed by atoms with van der Waals surface area (Å²) in [7, 11) is 0. The first-order valence-electron chi connectivity index (χ1n) is 42.9. The molecule has 1 fully saturated rings. The Balaban J connectivity index is 2.83. The molecule has 0 saturated carbocycles. The van der Waals surface area contributed by atoms with Gasteiger partial charge in [0.2, 0.25) is 0 Å². The van der Waals surface area contributed by atoms with E-state index in [0.717, 1.165) is 6.42 Å². The molecule has 1 aliphatic rings. The molecule has 0 aliphatic carbocycles. The van der Waals surface area contributed by atoms with Crippen LogP contribution in [0.5, 0.6) is 0 Å². The largest absolute Gasteiger partial charge is 0.302 e. The average Bonchev–Trinajstić information content (AvgIpc) is 2.46. The van der Waals surface area contributed by atoms with Crippen molar-refractivity contribution in [1.29, 1.82) is 0 Å². The van der Waals surface area contributed by atoms with Gasteiger partial charge in [-0.1, -0.05) is 346 Å². The number of unbranched alkanes of at least 4 members (excludes halogenated alkanes) is 50. The van der Waals surface area contributed by atoms with Crippen molar-refractivity contribution in [3.63, 3.8) is 0 Å². The van der Waals surface area contributed by atoms with Gasteiger partial charge >= 0.3 is 0 Å². The summed E-state index contributed by atoms with van der Waals surface area (Å²) < 4.78 is 0. The van der Waals surface area contributed by atoms with E-state index in [2.05, 4.69) is 108 Å². The number of piperazine rings is 1. The van der Waals surface area contributed by atoms with E-state index in [4.69, 9.17) is 0 Å². The summed E-state index contributed by atoms with van der Waals surface area (Å²) in [5, 5.41) is 0. The molecule has 0 unspecified atom stereocenters. The fraction of sp³-hybridized carbons (Fsp3) is 0.908. The zero-order valence-corrected chi connectivity index (χ0v) is 64.2. The van der Waals surface area contributed by atoms with Crippen LogP contribution >= 0.6 is 0 Å².